The first-order chi connectivity index (χ1) is 6.22. The SMILES string of the molecule is Cc1c(CO)sc2ccc(O)cc12. The summed E-state index contributed by atoms with van der Waals surface area (Å²) in [5.41, 5.74) is 1.07. The summed E-state index contributed by atoms with van der Waals surface area (Å²) in [6.07, 6.45) is 0. The topological polar surface area (TPSA) is 40.5 Å². The number of benzene rings is 1. The van der Waals surface area contributed by atoms with E-state index < -0.39 is 0 Å². The van der Waals surface area contributed by atoms with Crippen molar-refractivity contribution in [2.75, 3.05) is 0 Å². The molecule has 2 nitrogen and oxygen atoms in total. The standard InChI is InChI=1S/C10H10O2S/c1-6-8-4-7(12)2-3-9(8)13-10(6)5-11/h2-4,11-12H,5H2,1H3. The van der Waals surface area contributed by atoms with E-state index >= 15 is 0 Å². The third-order valence-electron chi connectivity index (χ3n) is 2.16. The van der Waals surface area contributed by atoms with Crippen molar-refractivity contribution in [3.63, 3.8) is 0 Å². The van der Waals surface area contributed by atoms with Crippen LogP contribution in [0.2, 0.25) is 0 Å². The van der Waals surface area contributed by atoms with Crippen molar-refractivity contribution in [1.29, 1.82) is 0 Å². The van der Waals surface area contributed by atoms with Crippen LogP contribution in [0.5, 0.6) is 5.75 Å². The van der Waals surface area contributed by atoms with Crippen molar-refractivity contribution in [2.24, 2.45) is 0 Å². The van der Waals surface area contributed by atoms with Gasteiger partial charge in [-0.15, -0.1) is 11.3 Å². The van der Waals surface area contributed by atoms with Gasteiger partial charge in [-0.2, -0.15) is 0 Å². The molecule has 0 unspecified atom stereocenters. The molecule has 0 aliphatic carbocycles. The lowest BCUT2D eigenvalue weighted by molar-refractivity contribution is 0.285. The first kappa shape index (κ1) is 8.53. The summed E-state index contributed by atoms with van der Waals surface area (Å²) in [6, 6.07) is 5.28. The number of aromatic hydroxyl groups is 1. The number of phenols is 1. The molecule has 2 rings (SSSR count). The largest absolute Gasteiger partial charge is 0.508 e. The summed E-state index contributed by atoms with van der Waals surface area (Å²) in [6.45, 7) is 2.04. The van der Waals surface area contributed by atoms with Crippen LogP contribution in [0.4, 0.5) is 0 Å². The zero-order chi connectivity index (χ0) is 9.42. The molecule has 13 heavy (non-hydrogen) atoms. The summed E-state index contributed by atoms with van der Waals surface area (Å²) >= 11 is 1.57. The molecule has 0 radical (unpaired) electrons. The molecule has 3 heteroatoms. The molecule has 0 spiro atoms. The Morgan fingerprint density at radius 3 is 2.85 bits per heavy atom. The summed E-state index contributed by atoms with van der Waals surface area (Å²) < 4.78 is 1.11. The van der Waals surface area contributed by atoms with Gasteiger partial charge in [-0.1, -0.05) is 0 Å². The fraction of sp³-hybridized carbons (Fsp3) is 0.200. The van der Waals surface area contributed by atoms with E-state index in [0.717, 1.165) is 20.5 Å². The number of aliphatic hydroxyl groups excluding tert-OH is 1. The highest BCUT2D eigenvalue weighted by Crippen LogP contribution is 2.32. The minimum Gasteiger partial charge on any atom is -0.508 e. The van der Waals surface area contributed by atoms with E-state index in [2.05, 4.69) is 0 Å². The van der Waals surface area contributed by atoms with Crippen LogP contribution in [0.3, 0.4) is 0 Å². The van der Waals surface area contributed by atoms with Crippen LogP contribution in [0.25, 0.3) is 10.1 Å². The van der Waals surface area contributed by atoms with Gasteiger partial charge in [0.2, 0.25) is 0 Å². The highest BCUT2D eigenvalue weighted by Gasteiger charge is 2.07. The highest BCUT2D eigenvalue weighted by molar-refractivity contribution is 7.19. The molecular formula is C10H10O2S. The number of rotatable bonds is 1. The van der Waals surface area contributed by atoms with Crippen LogP contribution in [0.1, 0.15) is 10.4 Å². The smallest absolute Gasteiger partial charge is 0.116 e. The molecule has 68 valence electrons. The van der Waals surface area contributed by atoms with E-state index in [1.807, 2.05) is 13.0 Å². The molecule has 0 atom stereocenters. The predicted molar refractivity (Wildman–Crippen MR) is 54.1 cm³/mol. The Balaban J connectivity index is 2.77. The number of fused-ring (bicyclic) bond motifs is 1. The van der Waals surface area contributed by atoms with Gasteiger partial charge >= 0.3 is 0 Å². The van der Waals surface area contributed by atoms with Crippen molar-refractivity contribution in [1.82, 2.24) is 0 Å². The van der Waals surface area contributed by atoms with Gasteiger partial charge in [-0.05, 0) is 36.1 Å². The van der Waals surface area contributed by atoms with Crippen molar-refractivity contribution in [3.8, 4) is 5.75 Å². The third-order valence-corrected chi connectivity index (χ3v) is 3.42. The molecule has 0 aliphatic rings. The average molecular weight is 194 g/mol. The molecule has 0 saturated carbocycles. The van der Waals surface area contributed by atoms with Crippen LogP contribution in [0, 0.1) is 6.92 Å². The van der Waals surface area contributed by atoms with Crippen LogP contribution in [-0.2, 0) is 6.61 Å². The van der Waals surface area contributed by atoms with Gasteiger partial charge in [-0.3, -0.25) is 0 Å². The maximum Gasteiger partial charge on any atom is 0.116 e. The maximum atomic E-state index is 9.28. The van der Waals surface area contributed by atoms with Gasteiger partial charge in [0.25, 0.3) is 0 Å². The molecule has 0 bridgehead atoms. The molecule has 0 saturated heterocycles. The first-order valence-corrected chi connectivity index (χ1v) is 4.86. The Hall–Kier alpha value is -1.06. The fourth-order valence-corrected chi connectivity index (χ4v) is 2.46. The normalized spacial score (nSPS) is 10.9. The van der Waals surface area contributed by atoms with Crippen LogP contribution >= 0.6 is 11.3 Å². The van der Waals surface area contributed by atoms with Crippen molar-refractivity contribution in [2.45, 2.75) is 13.5 Å². The lowest BCUT2D eigenvalue weighted by atomic mass is 10.1. The molecule has 0 amide bonds. The van der Waals surface area contributed by atoms with Gasteiger partial charge in [0.1, 0.15) is 5.75 Å². The Morgan fingerprint density at radius 2 is 2.15 bits per heavy atom. The summed E-state index contributed by atoms with van der Waals surface area (Å²) in [4.78, 5) is 0.973. The average Bonchev–Trinajstić information content (AvgIpc) is 2.44. The van der Waals surface area contributed by atoms with E-state index in [1.165, 1.54) is 0 Å². The Morgan fingerprint density at radius 1 is 1.38 bits per heavy atom. The van der Waals surface area contributed by atoms with E-state index in [1.54, 1.807) is 23.5 Å². The second-order valence-corrected chi connectivity index (χ2v) is 4.13. The molecule has 2 N–H and O–H groups in total. The number of thiophene rings is 1. The number of aliphatic hydroxyl groups is 1. The molecule has 0 aliphatic heterocycles. The van der Waals surface area contributed by atoms with Crippen LogP contribution < -0.4 is 0 Å². The monoisotopic (exact) mass is 194 g/mol. The number of aryl methyl sites for hydroxylation is 1. The highest BCUT2D eigenvalue weighted by atomic mass is 32.1. The number of hydrogen-bond acceptors (Lipinski definition) is 3. The molecule has 2 aromatic rings. The number of hydrogen-bond donors (Lipinski definition) is 2. The van der Waals surface area contributed by atoms with Crippen molar-refractivity contribution < 1.29 is 10.2 Å². The molecule has 1 heterocycles. The maximum absolute atomic E-state index is 9.28. The van der Waals surface area contributed by atoms with E-state index in [4.69, 9.17) is 5.11 Å². The van der Waals surface area contributed by atoms with Crippen LogP contribution in [0.15, 0.2) is 18.2 Å². The summed E-state index contributed by atoms with van der Waals surface area (Å²) in [5.74, 6) is 0.276. The number of phenolic OH excluding ortho intramolecular Hbond substituents is 1. The van der Waals surface area contributed by atoms with E-state index in [9.17, 15) is 5.11 Å². The second kappa shape index (κ2) is 3.01. The molecule has 1 aromatic carbocycles. The summed E-state index contributed by atoms with van der Waals surface area (Å²) in [7, 11) is 0. The fourth-order valence-electron chi connectivity index (χ4n) is 1.41. The lowest BCUT2D eigenvalue weighted by Gasteiger charge is -1.93. The first-order valence-electron chi connectivity index (χ1n) is 4.04. The predicted octanol–water partition coefficient (Wildman–Crippen LogP) is 2.41. The van der Waals surface area contributed by atoms with Gasteiger partial charge in [0.15, 0.2) is 0 Å². The zero-order valence-corrected chi connectivity index (χ0v) is 8.06. The van der Waals surface area contributed by atoms with Gasteiger partial charge in [0.05, 0.1) is 6.61 Å². The minimum atomic E-state index is 0.0753. The second-order valence-electron chi connectivity index (χ2n) is 2.99. The van der Waals surface area contributed by atoms with Gasteiger partial charge in [-0.25, -0.2) is 0 Å². The quantitative estimate of drug-likeness (QED) is 0.731. The van der Waals surface area contributed by atoms with Crippen molar-refractivity contribution in [3.05, 3.63) is 28.6 Å². The minimum absolute atomic E-state index is 0.0753. The third kappa shape index (κ3) is 1.30. The Kier molecular flexibility index (Phi) is 1.98. The Labute approximate surface area is 80.1 Å². The summed E-state index contributed by atoms with van der Waals surface area (Å²) in [5, 5.41) is 19.4. The Bertz CT molecular complexity index is 445. The van der Waals surface area contributed by atoms with Gasteiger partial charge < -0.3 is 10.2 Å². The van der Waals surface area contributed by atoms with Crippen LogP contribution in [-0.4, -0.2) is 10.2 Å². The van der Waals surface area contributed by atoms with E-state index in [0.29, 0.717) is 0 Å². The lowest BCUT2D eigenvalue weighted by Crippen LogP contribution is -1.78. The molecular weight excluding hydrogens is 184 g/mol. The van der Waals surface area contributed by atoms with E-state index in [-0.39, 0.29) is 12.4 Å². The zero-order valence-electron chi connectivity index (χ0n) is 7.24. The molecule has 0 fully saturated rings. The van der Waals surface area contributed by atoms with Crippen molar-refractivity contribution >= 4 is 21.4 Å². The van der Waals surface area contributed by atoms with Gasteiger partial charge in [0, 0.05) is 9.58 Å². The molecule has 1 aromatic heterocycles.